The van der Waals surface area contributed by atoms with Crippen molar-refractivity contribution in [3.05, 3.63) is 54.4 Å². The average Bonchev–Trinajstić information content (AvgIpc) is 3.23. The molecule has 0 aliphatic heterocycles. The molecule has 25 heavy (non-hydrogen) atoms. The molecular weight excluding hydrogens is 317 g/mol. The largest absolute Gasteiger partial charge is 0.357 e. The fraction of sp³-hybridized carbons (Fsp3) is 0.474. The fourth-order valence-electron chi connectivity index (χ4n) is 2.97. The van der Waals surface area contributed by atoms with Crippen molar-refractivity contribution >= 4 is 5.96 Å². The quantitative estimate of drug-likeness (QED) is 0.440. The summed E-state index contributed by atoms with van der Waals surface area (Å²) in [6.07, 6.45) is 8.72. The lowest BCUT2D eigenvalue weighted by Gasteiger charge is -2.16. The first-order valence-electron chi connectivity index (χ1n) is 8.96. The van der Waals surface area contributed by atoms with E-state index in [4.69, 9.17) is 4.99 Å². The van der Waals surface area contributed by atoms with Gasteiger partial charge < -0.3 is 15.2 Å². The number of aryl methyl sites for hydroxylation is 1. The molecular formula is C19H26FN5. The van der Waals surface area contributed by atoms with E-state index < -0.39 is 0 Å². The van der Waals surface area contributed by atoms with E-state index in [1.165, 1.54) is 6.07 Å². The molecule has 1 aromatic carbocycles. The SMILES string of the molecule is CCNC(=NCC1(c2cccc(F)c2)CC1)NCCCn1ccnc1. The molecule has 6 heteroatoms. The lowest BCUT2D eigenvalue weighted by atomic mass is 9.96. The molecule has 2 N–H and O–H groups in total. The number of aliphatic imine (C=N–C) groups is 1. The molecule has 3 rings (SSSR count). The number of guanidine groups is 1. The Labute approximate surface area is 148 Å². The van der Waals surface area contributed by atoms with Crippen molar-refractivity contribution in [3.8, 4) is 0 Å². The van der Waals surface area contributed by atoms with Gasteiger partial charge in [-0.05, 0) is 43.9 Å². The topological polar surface area (TPSA) is 54.2 Å². The Morgan fingerprint density at radius 2 is 2.24 bits per heavy atom. The lowest BCUT2D eigenvalue weighted by Crippen LogP contribution is -2.38. The van der Waals surface area contributed by atoms with Crippen LogP contribution < -0.4 is 10.6 Å². The van der Waals surface area contributed by atoms with Gasteiger partial charge in [-0.1, -0.05) is 12.1 Å². The summed E-state index contributed by atoms with van der Waals surface area (Å²) in [6, 6.07) is 6.94. The normalized spacial score (nSPS) is 15.8. The van der Waals surface area contributed by atoms with Gasteiger partial charge in [0.1, 0.15) is 5.82 Å². The summed E-state index contributed by atoms with van der Waals surface area (Å²) in [5.74, 6) is 0.660. The Kier molecular flexibility index (Phi) is 5.68. The second kappa shape index (κ2) is 8.14. The first kappa shape index (κ1) is 17.5. The molecule has 0 bridgehead atoms. The minimum absolute atomic E-state index is 0.0151. The van der Waals surface area contributed by atoms with Crippen LogP contribution in [0.2, 0.25) is 0 Å². The van der Waals surface area contributed by atoms with Crippen LogP contribution >= 0.6 is 0 Å². The summed E-state index contributed by atoms with van der Waals surface area (Å²) < 4.78 is 15.6. The number of hydrogen-bond acceptors (Lipinski definition) is 2. The van der Waals surface area contributed by atoms with Crippen molar-refractivity contribution in [2.75, 3.05) is 19.6 Å². The Hall–Kier alpha value is -2.37. The van der Waals surface area contributed by atoms with Crippen LogP contribution in [-0.2, 0) is 12.0 Å². The first-order chi connectivity index (χ1) is 12.2. The zero-order chi connectivity index (χ0) is 17.5. The van der Waals surface area contributed by atoms with Crippen molar-refractivity contribution < 1.29 is 4.39 Å². The van der Waals surface area contributed by atoms with Crippen LogP contribution in [0.25, 0.3) is 0 Å². The van der Waals surface area contributed by atoms with Gasteiger partial charge in [0.15, 0.2) is 5.96 Å². The summed E-state index contributed by atoms with van der Waals surface area (Å²) in [6.45, 7) is 5.34. The minimum Gasteiger partial charge on any atom is -0.357 e. The van der Waals surface area contributed by atoms with Gasteiger partial charge in [-0.25, -0.2) is 9.37 Å². The third kappa shape index (κ3) is 4.81. The zero-order valence-corrected chi connectivity index (χ0v) is 14.7. The van der Waals surface area contributed by atoms with Gasteiger partial charge in [0.05, 0.1) is 12.9 Å². The number of aromatic nitrogens is 2. The second-order valence-corrected chi connectivity index (χ2v) is 6.57. The van der Waals surface area contributed by atoms with E-state index in [9.17, 15) is 4.39 Å². The summed E-state index contributed by atoms with van der Waals surface area (Å²) in [4.78, 5) is 8.78. The van der Waals surface area contributed by atoms with Crippen LogP contribution in [0.5, 0.6) is 0 Å². The number of nitrogens with zero attached hydrogens (tertiary/aromatic N) is 3. The molecule has 1 aliphatic carbocycles. The van der Waals surface area contributed by atoms with Crippen LogP contribution in [0.15, 0.2) is 48.0 Å². The first-order valence-corrected chi connectivity index (χ1v) is 8.96. The van der Waals surface area contributed by atoms with Crippen molar-refractivity contribution in [2.24, 2.45) is 4.99 Å². The van der Waals surface area contributed by atoms with E-state index in [0.29, 0.717) is 6.54 Å². The highest BCUT2D eigenvalue weighted by molar-refractivity contribution is 5.79. The molecule has 0 amide bonds. The van der Waals surface area contributed by atoms with E-state index in [1.807, 2.05) is 18.6 Å². The monoisotopic (exact) mass is 343 g/mol. The fourth-order valence-corrected chi connectivity index (χ4v) is 2.97. The van der Waals surface area contributed by atoms with Gasteiger partial charge >= 0.3 is 0 Å². The molecule has 2 aromatic rings. The minimum atomic E-state index is -0.169. The highest BCUT2D eigenvalue weighted by atomic mass is 19.1. The number of imidazole rings is 1. The van der Waals surface area contributed by atoms with Crippen LogP contribution in [0.4, 0.5) is 4.39 Å². The third-order valence-corrected chi connectivity index (χ3v) is 4.62. The maximum atomic E-state index is 13.5. The summed E-state index contributed by atoms with van der Waals surface area (Å²) in [5.41, 5.74) is 1.08. The van der Waals surface area contributed by atoms with E-state index in [0.717, 1.165) is 50.4 Å². The van der Waals surface area contributed by atoms with E-state index in [-0.39, 0.29) is 11.2 Å². The Bertz CT molecular complexity index is 692. The molecule has 134 valence electrons. The van der Waals surface area contributed by atoms with Crippen LogP contribution in [0.1, 0.15) is 31.7 Å². The number of rotatable bonds is 8. The summed E-state index contributed by atoms with van der Waals surface area (Å²) in [5, 5.41) is 6.66. The molecule has 0 unspecified atom stereocenters. The maximum absolute atomic E-state index is 13.5. The lowest BCUT2D eigenvalue weighted by molar-refractivity contribution is 0.613. The van der Waals surface area contributed by atoms with E-state index in [1.54, 1.807) is 18.3 Å². The predicted octanol–water partition coefficient (Wildman–Crippen LogP) is 2.70. The van der Waals surface area contributed by atoms with E-state index >= 15 is 0 Å². The maximum Gasteiger partial charge on any atom is 0.191 e. The van der Waals surface area contributed by atoms with Gasteiger partial charge in [-0.2, -0.15) is 0 Å². The smallest absolute Gasteiger partial charge is 0.191 e. The molecule has 0 atom stereocenters. The Balaban J connectivity index is 1.53. The van der Waals surface area contributed by atoms with Crippen molar-refractivity contribution in [1.82, 2.24) is 20.2 Å². The van der Waals surface area contributed by atoms with Crippen molar-refractivity contribution in [3.63, 3.8) is 0 Å². The molecule has 1 aromatic heterocycles. The molecule has 0 saturated heterocycles. The summed E-state index contributed by atoms with van der Waals surface area (Å²) >= 11 is 0. The molecule has 5 nitrogen and oxygen atoms in total. The van der Waals surface area contributed by atoms with Gasteiger partial charge in [-0.15, -0.1) is 0 Å². The number of benzene rings is 1. The van der Waals surface area contributed by atoms with Gasteiger partial charge in [-0.3, -0.25) is 4.99 Å². The molecule has 0 spiro atoms. The van der Waals surface area contributed by atoms with Crippen LogP contribution in [0.3, 0.4) is 0 Å². The molecule has 0 radical (unpaired) electrons. The zero-order valence-electron chi connectivity index (χ0n) is 14.7. The van der Waals surface area contributed by atoms with Gasteiger partial charge in [0, 0.05) is 37.4 Å². The predicted molar refractivity (Wildman–Crippen MR) is 98.1 cm³/mol. The number of hydrogen-bond donors (Lipinski definition) is 2. The molecule has 1 aliphatic rings. The van der Waals surface area contributed by atoms with Crippen LogP contribution in [-0.4, -0.2) is 35.1 Å². The second-order valence-electron chi connectivity index (χ2n) is 6.57. The van der Waals surface area contributed by atoms with Gasteiger partial charge in [0.2, 0.25) is 0 Å². The molecule has 1 fully saturated rings. The van der Waals surface area contributed by atoms with E-state index in [2.05, 4.69) is 27.1 Å². The summed E-state index contributed by atoms with van der Waals surface area (Å²) in [7, 11) is 0. The Morgan fingerprint density at radius 3 is 2.92 bits per heavy atom. The highest BCUT2D eigenvalue weighted by Gasteiger charge is 2.44. The standard InChI is InChI=1S/C19H26FN5/c1-2-22-18(23-9-4-11-25-12-10-21-15-25)24-14-19(7-8-19)16-5-3-6-17(20)13-16/h3,5-6,10,12-13,15H,2,4,7-9,11,14H2,1H3,(H2,22,23,24). The average molecular weight is 343 g/mol. The molecule has 1 saturated carbocycles. The molecule has 1 heterocycles. The van der Waals surface area contributed by atoms with Gasteiger partial charge in [0.25, 0.3) is 0 Å². The number of halogens is 1. The van der Waals surface area contributed by atoms with Crippen molar-refractivity contribution in [1.29, 1.82) is 0 Å². The third-order valence-electron chi connectivity index (χ3n) is 4.62. The van der Waals surface area contributed by atoms with Crippen molar-refractivity contribution in [2.45, 2.75) is 38.1 Å². The highest BCUT2D eigenvalue weighted by Crippen LogP contribution is 2.48. The van der Waals surface area contributed by atoms with Crippen LogP contribution in [0, 0.1) is 5.82 Å². The number of nitrogens with one attached hydrogen (secondary N) is 2. The Morgan fingerprint density at radius 1 is 1.36 bits per heavy atom.